The average Bonchev–Trinajstić information content (AvgIpc) is 3.36. The highest BCUT2D eigenvalue weighted by Gasteiger charge is 2.31. The van der Waals surface area contributed by atoms with Crippen molar-refractivity contribution in [2.45, 2.75) is 37.8 Å². The number of ether oxygens (including phenoxy) is 1. The van der Waals surface area contributed by atoms with Crippen LogP contribution < -0.4 is 10.6 Å². The summed E-state index contributed by atoms with van der Waals surface area (Å²) in [6, 6.07) is 14.9. The second-order valence-corrected chi connectivity index (χ2v) is 9.30. The second-order valence-electron chi connectivity index (χ2n) is 9.30. The highest BCUT2D eigenvalue weighted by molar-refractivity contribution is 5.85. The van der Waals surface area contributed by atoms with Crippen LogP contribution in [0.3, 0.4) is 0 Å². The fourth-order valence-electron chi connectivity index (χ4n) is 4.45. The lowest BCUT2D eigenvalue weighted by Gasteiger charge is -2.26. The van der Waals surface area contributed by atoms with Gasteiger partial charge in [0.25, 0.3) is 0 Å². The molecule has 2 aromatic carbocycles. The molecule has 2 amide bonds. The van der Waals surface area contributed by atoms with Crippen LogP contribution >= 0.6 is 0 Å². The van der Waals surface area contributed by atoms with Crippen molar-refractivity contribution in [3.05, 3.63) is 77.6 Å². The first-order valence-electron chi connectivity index (χ1n) is 11.3. The molecule has 0 saturated heterocycles. The Hall–Kier alpha value is -4.14. The fourth-order valence-corrected chi connectivity index (χ4v) is 4.45. The van der Waals surface area contributed by atoms with Crippen LogP contribution in [-0.4, -0.2) is 45.0 Å². The van der Waals surface area contributed by atoms with Gasteiger partial charge in [-0.3, -0.25) is 9.48 Å². The minimum Gasteiger partial charge on any atom is -0.479 e. The van der Waals surface area contributed by atoms with Gasteiger partial charge in [-0.05, 0) is 36.1 Å². The van der Waals surface area contributed by atoms with E-state index in [4.69, 9.17) is 4.74 Å². The number of amides is 2. The number of nitrogens with zero attached hydrogens (tertiary/aromatic N) is 2. The van der Waals surface area contributed by atoms with Crippen LogP contribution in [0.5, 0.6) is 0 Å². The zero-order valence-corrected chi connectivity index (χ0v) is 19.8. The standard InChI is InChI=1S/C26H28N4O5/c1-26(2,12-22(31)28-23(24(32)33)16-13-27-30(3)14-16)29-25(34)35-15-21-19-10-6-4-8-17(19)18-9-5-7-11-20(18)21/h4-11,13-14,21,23H,12,15H2,1-3H3,(H,28,31)(H,29,34)(H,32,33). The molecule has 1 unspecified atom stereocenters. The summed E-state index contributed by atoms with van der Waals surface area (Å²) in [6.45, 7) is 3.51. The third kappa shape index (κ3) is 5.34. The average molecular weight is 477 g/mol. The zero-order valence-electron chi connectivity index (χ0n) is 19.8. The van der Waals surface area contributed by atoms with Gasteiger partial charge in [-0.25, -0.2) is 9.59 Å². The summed E-state index contributed by atoms with van der Waals surface area (Å²) in [7, 11) is 1.66. The van der Waals surface area contributed by atoms with Crippen molar-refractivity contribution in [1.29, 1.82) is 0 Å². The first kappa shape index (κ1) is 24.0. The Bertz CT molecular complexity index is 1220. The number of aliphatic carboxylic acids is 1. The molecule has 1 aromatic heterocycles. The number of benzene rings is 2. The maximum atomic E-state index is 12.6. The molecule has 0 bridgehead atoms. The molecule has 182 valence electrons. The second kappa shape index (κ2) is 9.61. The maximum Gasteiger partial charge on any atom is 0.407 e. The number of carbonyl (C=O) groups excluding carboxylic acids is 2. The van der Waals surface area contributed by atoms with E-state index in [1.165, 1.54) is 17.1 Å². The molecule has 4 rings (SSSR count). The number of alkyl carbamates (subject to hydrolysis) is 1. The Balaban J connectivity index is 1.35. The number of aromatic nitrogens is 2. The Labute approximate surface area is 203 Å². The number of fused-ring (bicyclic) bond motifs is 3. The third-order valence-electron chi connectivity index (χ3n) is 6.00. The SMILES string of the molecule is Cn1cc(C(NC(=O)CC(C)(C)NC(=O)OCC2c3ccccc3-c3ccccc32)C(=O)O)cn1. The van der Waals surface area contributed by atoms with Gasteiger partial charge in [-0.15, -0.1) is 0 Å². The minimum atomic E-state index is -1.23. The van der Waals surface area contributed by atoms with E-state index in [9.17, 15) is 19.5 Å². The predicted octanol–water partition coefficient (Wildman–Crippen LogP) is 3.37. The zero-order chi connectivity index (χ0) is 25.2. The van der Waals surface area contributed by atoms with Gasteiger partial charge in [0.15, 0.2) is 6.04 Å². The lowest BCUT2D eigenvalue weighted by Crippen LogP contribution is -2.48. The molecule has 1 heterocycles. The Morgan fingerprint density at radius 2 is 1.69 bits per heavy atom. The molecule has 3 aromatic rings. The van der Waals surface area contributed by atoms with E-state index < -0.39 is 29.6 Å². The minimum absolute atomic E-state index is 0.0737. The van der Waals surface area contributed by atoms with E-state index in [1.54, 1.807) is 20.9 Å². The number of nitrogens with one attached hydrogen (secondary N) is 2. The molecule has 0 aliphatic heterocycles. The molecular formula is C26H28N4O5. The van der Waals surface area contributed by atoms with E-state index in [2.05, 4.69) is 27.9 Å². The van der Waals surface area contributed by atoms with Crippen LogP contribution in [0.2, 0.25) is 0 Å². The van der Waals surface area contributed by atoms with E-state index >= 15 is 0 Å². The van der Waals surface area contributed by atoms with Crippen LogP contribution in [0.1, 0.15) is 48.9 Å². The number of aryl methyl sites for hydroxylation is 1. The summed E-state index contributed by atoms with van der Waals surface area (Å²) < 4.78 is 7.02. The van der Waals surface area contributed by atoms with Crippen LogP contribution in [0.25, 0.3) is 11.1 Å². The molecule has 9 nitrogen and oxygen atoms in total. The third-order valence-corrected chi connectivity index (χ3v) is 6.00. The van der Waals surface area contributed by atoms with E-state index in [0.717, 1.165) is 22.3 Å². The highest BCUT2D eigenvalue weighted by Crippen LogP contribution is 2.44. The van der Waals surface area contributed by atoms with Crippen molar-refractivity contribution in [3.63, 3.8) is 0 Å². The van der Waals surface area contributed by atoms with Crippen molar-refractivity contribution < 1.29 is 24.2 Å². The summed E-state index contributed by atoms with van der Waals surface area (Å²) in [5.74, 6) is -1.80. The van der Waals surface area contributed by atoms with Crippen molar-refractivity contribution >= 4 is 18.0 Å². The van der Waals surface area contributed by atoms with Gasteiger partial charge in [-0.2, -0.15) is 5.10 Å². The van der Waals surface area contributed by atoms with E-state index in [0.29, 0.717) is 5.56 Å². The largest absolute Gasteiger partial charge is 0.479 e. The van der Waals surface area contributed by atoms with Crippen molar-refractivity contribution in [3.8, 4) is 11.1 Å². The van der Waals surface area contributed by atoms with Crippen LogP contribution in [0.15, 0.2) is 60.9 Å². The summed E-state index contributed by atoms with van der Waals surface area (Å²) in [6.07, 6.45) is 2.13. The van der Waals surface area contributed by atoms with Gasteiger partial charge in [0.05, 0.1) is 6.20 Å². The predicted molar refractivity (Wildman–Crippen MR) is 129 cm³/mol. The van der Waals surface area contributed by atoms with Gasteiger partial charge in [0, 0.05) is 36.7 Å². The lowest BCUT2D eigenvalue weighted by molar-refractivity contribution is -0.142. The van der Waals surface area contributed by atoms with Crippen LogP contribution in [-0.2, 0) is 21.4 Å². The number of rotatable bonds is 8. The summed E-state index contributed by atoms with van der Waals surface area (Å²) in [4.78, 5) is 36.8. The number of carboxylic acids is 1. The van der Waals surface area contributed by atoms with Crippen molar-refractivity contribution in [2.75, 3.05) is 6.61 Å². The molecule has 3 N–H and O–H groups in total. The van der Waals surface area contributed by atoms with Crippen LogP contribution in [0.4, 0.5) is 4.79 Å². The summed E-state index contributed by atoms with van der Waals surface area (Å²) in [5.41, 5.74) is 3.87. The number of hydrogen-bond acceptors (Lipinski definition) is 5. The van der Waals surface area contributed by atoms with Gasteiger partial charge < -0.3 is 20.5 Å². The van der Waals surface area contributed by atoms with Crippen molar-refractivity contribution in [1.82, 2.24) is 20.4 Å². The highest BCUT2D eigenvalue weighted by atomic mass is 16.5. The van der Waals surface area contributed by atoms with Gasteiger partial charge in [0.2, 0.25) is 5.91 Å². The molecular weight excluding hydrogens is 448 g/mol. The molecule has 1 atom stereocenters. The monoisotopic (exact) mass is 476 g/mol. The molecule has 35 heavy (non-hydrogen) atoms. The number of carbonyl (C=O) groups is 3. The number of hydrogen-bond donors (Lipinski definition) is 3. The molecule has 1 aliphatic carbocycles. The first-order chi connectivity index (χ1) is 16.6. The van der Waals surface area contributed by atoms with Gasteiger partial charge >= 0.3 is 12.1 Å². The lowest BCUT2D eigenvalue weighted by atomic mass is 9.98. The number of carboxylic acid groups (broad SMARTS) is 1. The summed E-state index contributed by atoms with van der Waals surface area (Å²) in [5, 5.41) is 18.7. The van der Waals surface area contributed by atoms with Crippen molar-refractivity contribution in [2.24, 2.45) is 7.05 Å². The first-order valence-corrected chi connectivity index (χ1v) is 11.3. The Morgan fingerprint density at radius 3 is 2.23 bits per heavy atom. The normalized spacial score (nSPS) is 13.5. The molecule has 0 spiro atoms. The Morgan fingerprint density at radius 1 is 1.09 bits per heavy atom. The van der Waals surface area contributed by atoms with Gasteiger partial charge in [0.1, 0.15) is 6.61 Å². The fraction of sp³-hybridized carbons (Fsp3) is 0.308. The van der Waals surface area contributed by atoms with Gasteiger partial charge in [-0.1, -0.05) is 48.5 Å². The quantitative estimate of drug-likeness (QED) is 0.458. The van der Waals surface area contributed by atoms with E-state index in [-0.39, 0.29) is 18.9 Å². The molecule has 9 heteroatoms. The topological polar surface area (TPSA) is 123 Å². The molecule has 0 fully saturated rings. The maximum absolute atomic E-state index is 12.6. The molecule has 0 saturated carbocycles. The molecule has 1 aliphatic rings. The smallest absolute Gasteiger partial charge is 0.407 e. The summed E-state index contributed by atoms with van der Waals surface area (Å²) >= 11 is 0. The molecule has 0 radical (unpaired) electrons. The van der Waals surface area contributed by atoms with Crippen LogP contribution in [0, 0.1) is 0 Å². The Kier molecular flexibility index (Phi) is 6.59. The van der Waals surface area contributed by atoms with E-state index in [1.807, 2.05) is 36.4 Å².